The molecule has 162 valence electrons. The van der Waals surface area contributed by atoms with E-state index in [2.05, 4.69) is 40.9 Å². The van der Waals surface area contributed by atoms with E-state index in [0.29, 0.717) is 31.3 Å². The van der Waals surface area contributed by atoms with Crippen molar-refractivity contribution in [3.05, 3.63) is 107 Å². The number of hydrogen-bond acceptors (Lipinski definition) is 4. The number of hydrazone groups is 1. The molecule has 0 fully saturated rings. The lowest BCUT2D eigenvalue weighted by Crippen LogP contribution is -2.06. The molecule has 0 aliphatic heterocycles. The summed E-state index contributed by atoms with van der Waals surface area (Å²) in [4.78, 5) is 0. The summed E-state index contributed by atoms with van der Waals surface area (Å²) in [5.74, 6) is 1.41. The van der Waals surface area contributed by atoms with E-state index >= 15 is 0 Å². The highest BCUT2D eigenvalue weighted by atomic mass is 35.5. The molecule has 0 spiro atoms. The molecular formula is C27H25ClN2O2. The highest BCUT2D eigenvalue weighted by Crippen LogP contribution is 2.30. The molecule has 0 atom stereocenters. The minimum absolute atomic E-state index is 0.467. The molecule has 0 bridgehead atoms. The van der Waals surface area contributed by atoms with Crippen LogP contribution < -0.4 is 14.9 Å². The first-order chi connectivity index (χ1) is 15.7. The third kappa shape index (κ3) is 5.40. The highest BCUT2D eigenvalue weighted by Gasteiger charge is 2.08. The Bertz CT molecular complexity index is 1220. The number of hydrogen-bond donors (Lipinski definition) is 1. The lowest BCUT2D eigenvalue weighted by atomic mass is 10.1. The van der Waals surface area contributed by atoms with Crippen molar-refractivity contribution in [2.45, 2.75) is 20.1 Å². The second-order valence-electron chi connectivity index (χ2n) is 7.25. The van der Waals surface area contributed by atoms with Crippen molar-refractivity contribution in [3.8, 4) is 11.5 Å². The lowest BCUT2D eigenvalue weighted by molar-refractivity contribution is 0.270. The molecule has 0 heterocycles. The minimum Gasteiger partial charge on any atom is -0.490 e. The van der Waals surface area contributed by atoms with Crippen LogP contribution in [0, 0.1) is 0 Å². The largest absolute Gasteiger partial charge is 0.490 e. The number of ether oxygens (including phenoxy) is 2. The van der Waals surface area contributed by atoms with Gasteiger partial charge in [-0.1, -0.05) is 72.3 Å². The van der Waals surface area contributed by atoms with Crippen LogP contribution >= 0.6 is 11.6 Å². The van der Waals surface area contributed by atoms with E-state index < -0.39 is 0 Å². The summed E-state index contributed by atoms with van der Waals surface area (Å²) in [6.07, 6.45) is 1.76. The molecule has 5 heteroatoms. The summed E-state index contributed by atoms with van der Waals surface area (Å²) in [6.45, 7) is 3.53. The standard InChI is InChI=1S/C27H25ClN2O2/c1-2-31-27-16-20(17-29-30-18-22-9-4-6-13-25(22)28)14-15-26(27)32-19-23-11-7-10-21-8-3-5-12-24(21)23/h3-17,30H,2,18-19H2,1H3/b29-17-. The van der Waals surface area contributed by atoms with Gasteiger partial charge in [0.2, 0.25) is 0 Å². The highest BCUT2D eigenvalue weighted by molar-refractivity contribution is 6.31. The second-order valence-corrected chi connectivity index (χ2v) is 7.66. The zero-order chi connectivity index (χ0) is 22.2. The average molecular weight is 445 g/mol. The third-order valence-electron chi connectivity index (χ3n) is 5.06. The van der Waals surface area contributed by atoms with Gasteiger partial charge in [-0.15, -0.1) is 0 Å². The van der Waals surface area contributed by atoms with Crippen molar-refractivity contribution < 1.29 is 9.47 Å². The fourth-order valence-electron chi connectivity index (χ4n) is 3.46. The SMILES string of the molecule is CCOc1cc(/C=N\NCc2ccccc2Cl)ccc1OCc1cccc2ccccc12. The molecule has 0 unspecified atom stereocenters. The Labute approximate surface area is 193 Å². The number of halogens is 1. The molecule has 1 N–H and O–H groups in total. The van der Waals surface area contributed by atoms with Crippen LogP contribution in [0.5, 0.6) is 11.5 Å². The minimum atomic E-state index is 0.467. The van der Waals surface area contributed by atoms with Gasteiger partial charge in [0.15, 0.2) is 11.5 Å². The molecule has 0 saturated carbocycles. The molecule has 4 aromatic rings. The smallest absolute Gasteiger partial charge is 0.161 e. The maximum Gasteiger partial charge on any atom is 0.161 e. The van der Waals surface area contributed by atoms with Crippen molar-refractivity contribution in [1.82, 2.24) is 5.43 Å². The van der Waals surface area contributed by atoms with Crippen LogP contribution in [0.15, 0.2) is 90.0 Å². The predicted molar refractivity (Wildman–Crippen MR) is 132 cm³/mol. The molecule has 0 amide bonds. The number of nitrogens with one attached hydrogen (secondary N) is 1. The van der Waals surface area contributed by atoms with E-state index in [0.717, 1.165) is 21.7 Å². The lowest BCUT2D eigenvalue weighted by Gasteiger charge is -2.13. The van der Waals surface area contributed by atoms with Gasteiger partial charge in [0, 0.05) is 5.02 Å². The summed E-state index contributed by atoms with van der Waals surface area (Å²) < 4.78 is 12.0. The first-order valence-corrected chi connectivity index (χ1v) is 11.0. The van der Waals surface area contributed by atoms with Crippen LogP contribution in [0.1, 0.15) is 23.6 Å². The Morgan fingerprint density at radius 1 is 0.844 bits per heavy atom. The number of rotatable bonds is 9. The van der Waals surface area contributed by atoms with Crippen LogP contribution in [0.2, 0.25) is 5.02 Å². The molecule has 0 radical (unpaired) electrons. The van der Waals surface area contributed by atoms with Gasteiger partial charge in [-0.25, -0.2) is 0 Å². The van der Waals surface area contributed by atoms with Gasteiger partial charge in [0.05, 0.1) is 19.4 Å². The van der Waals surface area contributed by atoms with E-state index in [1.807, 2.05) is 61.5 Å². The first kappa shape index (κ1) is 21.7. The second kappa shape index (κ2) is 10.7. The van der Waals surface area contributed by atoms with E-state index in [1.54, 1.807) is 6.21 Å². The van der Waals surface area contributed by atoms with Crippen LogP contribution in [-0.2, 0) is 13.2 Å². The van der Waals surface area contributed by atoms with Crippen molar-refractivity contribution in [3.63, 3.8) is 0 Å². The van der Waals surface area contributed by atoms with Gasteiger partial charge in [-0.3, -0.25) is 0 Å². The number of fused-ring (bicyclic) bond motifs is 1. The molecule has 4 nitrogen and oxygen atoms in total. The summed E-state index contributed by atoms with van der Waals surface area (Å²) in [5, 5.41) is 7.43. The van der Waals surface area contributed by atoms with Crippen LogP contribution in [0.25, 0.3) is 10.8 Å². The Kier molecular flexibility index (Phi) is 7.26. The quantitative estimate of drug-likeness (QED) is 0.234. The van der Waals surface area contributed by atoms with E-state index in [-0.39, 0.29) is 0 Å². The summed E-state index contributed by atoms with van der Waals surface area (Å²) in [6, 6.07) is 28.1. The molecule has 0 aromatic heterocycles. The van der Waals surface area contributed by atoms with Gasteiger partial charge in [-0.2, -0.15) is 5.10 Å². The zero-order valence-corrected chi connectivity index (χ0v) is 18.7. The van der Waals surface area contributed by atoms with Gasteiger partial charge >= 0.3 is 0 Å². The zero-order valence-electron chi connectivity index (χ0n) is 17.9. The van der Waals surface area contributed by atoms with Gasteiger partial charge in [0.1, 0.15) is 6.61 Å². The van der Waals surface area contributed by atoms with Gasteiger partial charge in [-0.05, 0) is 58.7 Å². The summed E-state index contributed by atoms with van der Waals surface area (Å²) in [7, 11) is 0. The van der Waals surface area contributed by atoms with Crippen molar-refractivity contribution in [1.29, 1.82) is 0 Å². The Morgan fingerprint density at radius 2 is 1.62 bits per heavy atom. The maximum absolute atomic E-state index is 6.18. The molecule has 0 saturated heterocycles. The number of nitrogens with zero attached hydrogens (tertiary/aromatic N) is 1. The van der Waals surface area contributed by atoms with Crippen molar-refractivity contribution in [2.75, 3.05) is 6.61 Å². The van der Waals surface area contributed by atoms with E-state index in [1.165, 1.54) is 10.8 Å². The van der Waals surface area contributed by atoms with Crippen molar-refractivity contribution >= 4 is 28.6 Å². The van der Waals surface area contributed by atoms with Crippen LogP contribution in [0.3, 0.4) is 0 Å². The van der Waals surface area contributed by atoms with Crippen LogP contribution in [0.4, 0.5) is 0 Å². The summed E-state index contributed by atoms with van der Waals surface area (Å²) >= 11 is 6.18. The molecule has 4 aromatic carbocycles. The van der Waals surface area contributed by atoms with Gasteiger partial charge < -0.3 is 14.9 Å². The fraction of sp³-hybridized carbons (Fsp3) is 0.148. The Hall–Kier alpha value is -3.50. The van der Waals surface area contributed by atoms with Crippen LogP contribution in [-0.4, -0.2) is 12.8 Å². The third-order valence-corrected chi connectivity index (χ3v) is 5.43. The topological polar surface area (TPSA) is 42.8 Å². The molecular weight excluding hydrogens is 420 g/mol. The first-order valence-electron chi connectivity index (χ1n) is 10.6. The Morgan fingerprint density at radius 3 is 2.50 bits per heavy atom. The number of benzene rings is 4. The van der Waals surface area contributed by atoms with Gasteiger partial charge in [0.25, 0.3) is 0 Å². The predicted octanol–water partition coefficient (Wildman–Crippen LogP) is 6.59. The summed E-state index contributed by atoms with van der Waals surface area (Å²) in [5.41, 5.74) is 6.09. The maximum atomic E-state index is 6.18. The molecule has 32 heavy (non-hydrogen) atoms. The van der Waals surface area contributed by atoms with E-state index in [9.17, 15) is 0 Å². The average Bonchev–Trinajstić information content (AvgIpc) is 2.82. The Balaban J connectivity index is 1.43. The van der Waals surface area contributed by atoms with E-state index in [4.69, 9.17) is 21.1 Å². The molecule has 0 aliphatic rings. The van der Waals surface area contributed by atoms with Crippen molar-refractivity contribution in [2.24, 2.45) is 5.10 Å². The monoisotopic (exact) mass is 444 g/mol. The normalized spacial score (nSPS) is 11.1. The molecule has 0 aliphatic carbocycles. The fourth-order valence-corrected chi connectivity index (χ4v) is 3.66. The molecule has 4 rings (SSSR count).